The number of rotatable bonds is 5. The van der Waals surface area contributed by atoms with Crippen molar-refractivity contribution in [2.75, 3.05) is 6.54 Å². The Kier molecular flexibility index (Phi) is 5.03. The number of aromatic nitrogens is 2. The van der Waals surface area contributed by atoms with Gasteiger partial charge in [-0.05, 0) is 50.0 Å². The summed E-state index contributed by atoms with van der Waals surface area (Å²) in [5.41, 5.74) is 0.492. The van der Waals surface area contributed by atoms with E-state index in [9.17, 15) is 0 Å². The summed E-state index contributed by atoms with van der Waals surface area (Å²) in [6.45, 7) is 9.36. The van der Waals surface area contributed by atoms with Crippen LogP contribution in [0.25, 0.3) is 0 Å². The molecule has 0 atom stereocenters. The van der Waals surface area contributed by atoms with Gasteiger partial charge < -0.3 is 9.88 Å². The van der Waals surface area contributed by atoms with E-state index in [1.165, 1.54) is 32.1 Å². The summed E-state index contributed by atoms with van der Waals surface area (Å²) in [4.78, 5) is 4.06. The largest absolute Gasteiger partial charge is 0.337 e. The van der Waals surface area contributed by atoms with Crippen LogP contribution in [0.3, 0.4) is 0 Å². The van der Waals surface area contributed by atoms with Crippen LogP contribution < -0.4 is 5.32 Å². The van der Waals surface area contributed by atoms with E-state index >= 15 is 0 Å². The Morgan fingerprint density at radius 2 is 1.95 bits per heavy atom. The van der Waals surface area contributed by atoms with E-state index < -0.39 is 0 Å². The molecule has 1 aliphatic carbocycles. The average Bonchev–Trinajstić information content (AvgIpc) is 2.87. The third-order valence-corrected chi connectivity index (χ3v) is 4.54. The lowest BCUT2D eigenvalue weighted by molar-refractivity contribution is 0.160. The molecule has 1 aromatic heterocycles. The molecule has 0 aromatic carbocycles. The van der Waals surface area contributed by atoms with Crippen molar-refractivity contribution in [3.8, 4) is 0 Å². The number of imidazole rings is 1. The Bertz CT molecular complexity index is 343. The predicted octanol–water partition coefficient (Wildman–Crippen LogP) is 3.47. The highest BCUT2D eigenvalue weighted by Crippen LogP contribution is 2.37. The van der Waals surface area contributed by atoms with Gasteiger partial charge in [-0.1, -0.05) is 20.8 Å². The summed E-state index contributed by atoms with van der Waals surface area (Å²) in [7, 11) is 0. The molecule has 1 aliphatic rings. The molecule has 1 aromatic rings. The fourth-order valence-electron chi connectivity index (χ4n) is 3.15. The summed E-state index contributed by atoms with van der Waals surface area (Å²) >= 11 is 0. The second-order valence-corrected chi connectivity index (χ2v) is 7.02. The van der Waals surface area contributed by atoms with Crippen LogP contribution in [-0.2, 0) is 6.54 Å². The molecule has 0 amide bonds. The minimum atomic E-state index is 0.492. The quantitative estimate of drug-likeness (QED) is 0.824. The van der Waals surface area contributed by atoms with Crippen molar-refractivity contribution in [1.82, 2.24) is 14.9 Å². The van der Waals surface area contributed by atoms with Gasteiger partial charge in [0.05, 0.1) is 6.33 Å². The number of nitrogens with one attached hydrogen (secondary N) is 1. The number of aryl methyl sites for hydroxylation is 1. The molecule has 1 N–H and O–H groups in total. The van der Waals surface area contributed by atoms with Gasteiger partial charge in [-0.25, -0.2) is 4.98 Å². The normalized spacial score (nSPS) is 24.6. The molecule has 1 saturated carbocycles. The van der Waals surface area contributed by atoms with Gasteiger partial charge in [0, 0.05) is 25.0 Å². The first kappa shape index (κ1) is 14.6. The zero-order valence-electron chi connectivity index (χ0n) is 12.7. The maximum Gasteiger partial charge on any atom is 0.0945 e. The van der Waals surface area contributed by atoms with Crippen LogP contribution in [0.4, 0.5) is 0 Å². The monoisotopic (exact) mass is 263 g/mol. The summed E-state index contributed by atoms with van der Waals surface area (Å²) in [5.74, 6) is 0.913. The van der Waals surface area contributed by atoms with Crippen LogP contribution >= 0.6 is 0 Å². The van der Waals surface area contributed by atoms with Gasteiger partial charge >= 0.3 is 0 Å². The summed E-state index contributed by atoms with van der Waals surface area (Å²) in [6.07, 6.45) is 12.5. The molecule has 3 heteroatoms. The lowest BCUT2D eigenvalue weighted by Gasteiger charge is -2.37. The highest BCUT2D eigenvalue weighted by Gasteiger charge is 2.29. The van der Waals surface area contributed by atoms with Crippen molar-refractivity contribution in [2.24, 2.45) is 11.3 Å². The van der Waals surface area contributed by atoms with E-state index in [1.54, 1.807) is 0 Å². The Morgan fingerprint density at radius 3 is 2.53 bits per heavy atom. The van der Waals surface area contributed by atoms with Crippen molar-refractivity contribution < 1.29 is 0 Å². The average molecular weight is 263 g/mol. The van der Waals surface area contributed by atoms with Crippen LogP contribution in [0.15, 0.2) is 18.7 Å². The smallest absolute Gasteiger partial charge is 0.0945 e. The van der Waals surface area contributed by atoms with Gasteiger partial charge in [-0.15, -0.1) is 0 Å². The Labute approximate surface area is 117 Å². The second-order valence-electron chi connectivity index (χ2n) is 7.02. The second kappa shape index (κ2) is 6.56. The van der Waals surface area contributed by atoms with Crippen LogP contribution in [0.1, 0.15) is 52.9 Å². The van der Waals surface area contributed by atoms with Crippen LogP contribution in [-0.4, -0.2) is 22.1 Å². The molecular weight excluding hydrogens is 234 g/mol. The van der Waals surface area contributed by atoms with E-state index in [0.717, 1.165) is 25.0 Å². The van der Waals surface area contributed by atoms with Gasteiger partial charge in [0.2, 0.25) is 0 Å². The molecule has 1 fully saturated rings. The van der Waals surface area contributed by atoms with E-state index in [2.05, 4.69) is 35.6 Å². The lowest BCUT2D eigenvalue weighted by Crippen LogP contribution is -2.36. The molecule has 0 unspecified atom stereocenters. The maximum atomic E-state index is 4.06. The minimum absolute atomic E-state index is 0.492. The SMILES string of the molecule is CC(C)(C)C1CCC(NCCCn2ccnc2)CC1. The lowest BCUT2D eigenvalue weighted by atomic mass is 9.71. The van der Waals surface area contributed by atoms with Crippen molar-refractivity contribution in [3.05, 3.63) is 18.7 Å². The zero-order chi connectivity index (χ0) is 13.7. The van der Waals surface area contributed by atoms with Crippen molar-refractivity contribution in [2.45, 2.75) is 65.5 Å². The fourth-order valence-corrected chi connectivity index (χ4v) is 3.15. The molecule has 19 heavy (non-hydrogen) atoms. The molecule has 0 aliphatic heterocycles. The topological polar surface area (TPSA) is 29.9 Å². The van der Waals surface area contributed by atoms with Gasteiger partial charge in [-0.3, -0.25) is 0 Å². The molecular formula is C16H29N3. The molecule has 0 radical (unpaired) electrons. The highest BCUT2D eigenvalue weighted by molar-refractivity contribution is 4.83. The van der Waals surface area contributed by atoms with Gasteiger partial charge in [0.1, 0.15) is 0 Å². The van der Waals surface area contributed by atoms with Crippen molar-refractivity contribution >= 4 is 0 Å². The van der Waals surface area contributed by atoms with E-state index in [-0.39, 0.29) is 0 Å². The van der Waals surface area contributed by atoms with E-state index in [0.29, 0.717) is 5.41 Å². The maximum absolute atomic E-state index is 4.06. The third kappa shape index (κ3) is 4.64. The summed E-state index contributed by atoms with van der Waals surface area (Å²) in [6, 6.07) is 0.751. The zero-order valence-corrected chi connectivity index (χ0v) is 12.7. The molecule has 3 nitrogen and oxygen atoms in total. The molecule has 108 valence electrons. The molecule has 0 saturated heterocycles. The van der Waals surface area contributed by atoms with Crippen molar-refractivity contribution in [1.29, 1.82) is 0 Å². The van der Waals surface area contributed by atoms with E-state index in [4.69, 9.17) is 0 Å². The first-order valence-corrected chi connectivity index (χ1v) is 7.75. The predicted molar refractivity (Wildman–Crippen MR) is 80.0 cm³/mol. The number of hydrogen-bond donors (Lipinski definition) is 1. The minimum Gasteiger partial charge on any atom is -0.337 e. The Balaban J connectivity index is 1.58. The summed E-state index contributed by atoms with van der Waals surface area (Å²) < 4.78 is 2.15. The van der Waals surface area contributed by atoms with Crippen LogP contribution in [0, 0.1) is 11.3 Å². The van der Waals surface area contributed by atoms with Crippen molar-refractivity contribution in [3.63, 3.8) is 0 Å². The van der Waals surface area contributed by atoms with Crippen LogP contribution in [0.5, 0.6) is 0 Å². The highest BCUT2D eigenvalue weighted by atomic mass is 15.0. The molecule has 1 heterocycles. The fraction of sp³-hybridized carbons (Fsp3) is 0.812. The van der Waals surface area contributed by atoms with E-state index in [1.807, 2.05) is 18.7 Å². The first-order chi connectivity index (χ1) is 9.05. The van der Waals surface area contributed by atoms with Gasteiger partial charge in [0.25, 0.3) is 0 Å². The molecule has 0 bridgehead atoms. The molecule has 2 rings (SSSR count). The third-order valence-electron chi connectivity index (χ3n) is 4.54. The van der Waals surface area contributed by atoms with Gasteiger partial charge in [-0.2, -0.15) is 0 Å². The number of hydrogen-bond acceptors (Lipinski definition) is 2. The Hall–Kier alpha value is -0.830. The standard InChI is InChI=1S/C16H29N3/c1-16(2,3)14-5-7-15(8-6-14)18-9-4-11-19-12-10-17-13-19/h10,12-15,18H,4-9,11H2,1-3H3. The van der Waals surface area contributed by atoms with Crippen LogP contribution in [0.2, 0.25) is 0 Å². The van der Waals surface area contributed by atoms with Gasteiger partial charge in [0.15, 0.2) is 0 Å². The molecule has 0 spiro atoms. The number of nitrogens with zero attached hydrogens (tertiary/aromatic N) is 2. The first-order valence-electron chi connectivity index (χ1n) is 7.75. The Morgan fingerprint density at radius 1 is 1.21 bits per heavy atom. The summed E-state index contributed by atoms with van der Waals surface area (Å²) in [5, 5.41) is 3.72.